The van der Waals surface area contributed by atoms with Crippen molar-refractivity contribution in [3.8, 4) is 0 Å². The van der Waals surface area contributed by atoms with Gasteiger partial charge in [-0.2, -0.15) is 0 Å². The van der Waals surface area contributed by atoms with Crippen LogP contribution >= 0.6 is 11.6 Å². The van der Waals surface area contributed by atoms with E-state index in [0.29, 0.717) is 16.3 Å². The summed E-state index contributed by atoms with van der Waals surface area (Å²) in [5.74, 6) is 0. The molecule has 1 aromatic carbocycles. The molecule has 2 N–H and O–H groups in total. The Morgan fingerprint density at radius 3 is 2.53 bits per heavy atom. The molecular weight excluding hydrogens is 266 g/mol. The zero-order valence-corrected chi connectivity index (χ0v) is 12.0. The Labute approximate surface area is 117 Å². The predicted octanol–water partition coefficient (Wildman–Crippen LogP) is 3.67. The molecule has 1 fully saturated rings. The second-order valence-corrected chi connectivity index (χ2v) is 6.26. The van der Waals surface area contributed by atoms with Crippen LogP contribution in [0, 0.1) is 0 Å². The molecule has 5 heteroatoms. The lowest BCUT2D eigenvalue weighted by Gasteiger charge is -2.20. The van der Waals surface area contributed by atoms with Crippen LogP contribution in [0.2, 0.25) is 5.02 Å². The third kappa shape index (κ3) is 3.61. The normalized spacial score (nSPS) is 16.9. The number of aliphatic hydroxyl groups is 1. The summed E-state index contributed by atoms with van der Waals surface area (Å²) in [6.45, 7) is 5.39. The molecule has 104 valence electrons. The van der Waals surface area contributed by atoms with Crippen molar-refractivity contribution in [2.75, 3.05) is 5.32 Å². The van der Waals surface area contributed by atoms with E-state index in [-0.39, 0.29) is 0 Å². The summed E-state index contributed by atoms with van der Waals surface area (Å²) in [5.41, 5.74) is -0.0606. The van der Waals surface area contributed by atoms with Crippen LogP contribution in [0.1, 0.15) is 39.2 Å². The Morgan fingerprint density at radius 2 is 2.05 bits per heavy atom. The molecule has 0 atom stereocenters. The van der Waals surface area contributed by atoms with Crippen LogP contribution in [0.4, 0.5) is 10.5 Å². The smallest absolute Gasteiger partial charge is 0.412 e. The van der Waals surface area contributed by atoms with Gasteiger partial charge >= 0.3 is 6.09 Å². The van der Waals surface area contributed by atoms with E-state index in [9.17, 15) is 9.90 Å². The Hall–Kier alpha value is -1.26. The molecule has 1 aromatic rings. The highest BCUT2D eigenvalue weighted by molar-refractivity contribution is 6.31. The number of hydrogen-bond donors (Lipinski definition) is 2. The Kier molecular flexibility index (Phi) is 3.49. The third-order valence-corrected chi connectivity index (χ3v) is 3.15. The van der Waals surface area contributed by atoms with Crippen molar-refractivity contribution in [1.82, 2.24) is 0 Å². The van der Waals surface area contributed by atoms with Gasteiger partial charge in [-0.15, -0.1) is 0 Å². The molecule has 0 aromatic heterocycles. The third-order valence-electron chi connectivity index (χ3n) is 2.84. The first-order chi connectivity index (χ1) is 8.70. The summed E-state index contributed by atoms with van der Waals surface area (Å²) in [7, 11) is 0. The fourth-order valence-corrected chi connectivity index (χ4v) is 2.14. The van der Waals surface area contributed by atoms with Gasteiger partial charge in [0.2, 0.25) is 0 Å². The molecule has 1 saturated carbocycles. The molecule has 0 bridgehead atoms. The molecule has 1 aliphatic carbocycles. The number of amides is 1. The number of nitrogens with one attached hydrogen (secondary N) is 1. The summed E-state index contributed by atoms with van der Waals surface area (Å²) in [6, 6.07) is 5.07. The summed E-state index contributed by atoms with van der Waals surface area (Å²) in [6.07, 6.45) is 0.929. The minimum atomic E-state index is -0.776. The number of anilines is 1. The van der Waals surface area contributed by atoms with E-state index >= 15 is 0 Å². The zero-order chi connectivity index (χ0) is 14.3. The van der Waals surface area contributed by atoms with Crippen molar-refractivity contribution in [3.63, 3.8) is 0 Å². The molecule has 1 aliphatic rings. The molecule has 19 heavy (non-hydrogen) atoms. The van der Waals surface area contributed by atoms with Crippen molar-refractivity contribution in [3.05, 3.63) is 28.8 Å². The molecule has 0 saturated heterocycles. The van der Waals surface area contributed by atoms with E-state index < -0.39 is 17.3 Å². The molecule has 4 nitrogen and oxygen atoms in total. The van der Waals surface area contributed by atoms with Crippen molar-refractivity contribution in [2.24, 2.45) is 0 Å². The van der Waals surface area contributed by atoms with Gasteiger partial charge in [-0.3, -0.25) is 5.32 Å². The minimum Gasteiger partial charge on any atom is -0.444 e. The largest absolute Gasteiger partial charge is 0.444 e. The van der Waals surface area contributed by atoms with Gasteiger partial charge in [0.25, 0.3) is 0 Å². The van der Waals surface area contributed by atoms with Gasteiger partial charge in [0.15, 0.2) is 0 Å². The van der Waals surface area contributed by atoms with Crippen LogP contribution in [0.25, 0.3) is 0 Å². The maximum Gasteiger partial charge on any atom is 0.412 e. The second kappa shape index (κ2) is 4.69. The maximum absolute atomic E-state index is 11.6. The molecule has 0 radical (unpaired) electrons. The number of halogens is 1. The number of hydrogen-bond acceptors (Lipinski definition) is 3. The van der Waals surface area contributed by atoms with Gasteiger partial charge in [-0.1, -0.05) is 17.7 Å². The van der Waals surface area contributed by atoms with Crippen LogP contribution < -0.4 is 5.32 Å². The number of carbonyl (C=O) groups excluding carboxylic acids is 1. The second-order valence-electron chi connectivity index (χ2n) is 5.85. The van der Waals surface area contributed by atoms with Gasteiger partial charge in [-0.25, -0.2) is 4.79 Å². The van der Waals surface area contributed by atoms with Gasteiger partial charge in [0.05, 0.1) is 5.60 Å². The van der Waals surface area contributed by atoms with Crippen LogP contribution in [0.5, 0.6) is 0 Å². The zero-order valence-electron chi connectivity index (χ0n) is 11.3. The first kappa shape index (κ1) is 14.2. The number of benzene rings is 1. The molecule has 0 aliphatic heterocycles. The Bertz CT molecular complexity index is 504. The van der Waals surface area contributed by atoms with Crippen LogP contribution in [0.15, 0.2) is 18.2 Å². The summed E-state index contributed by atoms with van der Waals surface area (Å²) in [5, 5.41) is 13.1. The lowest BCUT2D eigenvalue weighted by atomic mass is 10.1. The SMILES string of the molecule is CC(C)(C)OC(=O)Nc1ccc(C2(O)CC2)c(Cl)c1. The first-order valence-corrected chi connectivity index (χ1v) is 6.60. The van der Waals surface area contributed by atoms with Crippen molar-refractivity contribution in [1.29, 1.82) is 0 Å². The van der Waals surface area contributed by atoms with Crippen molar-refractivity contribution in [2.45, 2.75) is 44.8 Å². The first-order valence-electron chi connectivity index (χ1n) is 6.22. The summed E-state index contributed by atoms with van der Waals surface area (Å²) in [4.78, 5) is 11.6. The fourth-order valence-electron chi connectivity index (χ4n) is 1.78. The van der Waals surface area contributed by atoms with Gasteiger partial charge in [0.1, 0.15) is 5.60 Å². The monoisotopic (exact) mass is 283 g/mol. The lowest BCUT2D eigenvalue weighted by Crippen LogP contribution is -2.27. The Balaban J connectivity index is 2.06. The molecular formula is C14H18ClNO3. The lowest BCUT2D eigenvalue weighted by molar-refractivity contribution is 0.0636. The number of ether oxygens (including phenoxy) is 1. The van der Waals surface area contributed by atoms with E-state index in [0.717, 1.165) is 12.8 Å². The Morgan fingerprint density at radius 1 is 1.42 bits per heavy atom. The fraction of sp³-hybridized carbons (Fsp3) is 0.500. The van der Waals surface area contributed by atoms with Crippen LogP contribution in [-0.4, -0.2) is 16.8 Å². The highest BCUT2D eigenvalue weighted by atomic mass is 35.5. The van der Waals surface area contributed by atoms with E-state index in [4.69, 9.17) is 16.3 Å². The van der Waals surface area contributed by atoms with E-state index in [2.05, 4.69) is 5.32 Å². The highest BCUT2D eigenvalue weighted by Gasteiger charge is 2.43. The summed E-state index contributed by atoms with van der Waals surface area (Å²) < 4.78 is 5.15. The predicted molar refractivity (Wildman–Crippen MR) is 74.4 cm³/mol. The molecule has 0 spiro atoms. The van der Waals surface area contributed by atoms with Crippen LogP contribution in [0.3, 0.4) is 0 Å². The number of rotatable bonds is 2. The average Bonchev–Trinajstić information content (AvgIpc) is 2.94. The van der Waals surface area contributed by atoms with Crippen molar-refractivity contribution >= 4 is 23.4 Å². The minimum absolute atomic E-state index is 0.452. The molecule has 0 heterocycles. The molecule has 2 rings (SSSR count). The average molecular weight is 284 g/mol. The quantitative estimate of drug-likeness (QED) is 0.871. The van der Waals surface area contributed by atoms with Crippen molar-refractivity contribution < 1.29 is 14.6 Å². The molecule has 0 unspecified atom stereocenters. The standard InChI is InChI=1S/C14H18ClNO3/c1-13(2,3)19-12(17)16-9-4-5-10(11(15)8-9)14(18)6-7-14/h4-5,8,18H,6-7H2,1-3H3,(H,16,17). The summed E-state index contributed by atoms with van der Waals surface area (Å²) >= 11 is 6.12. The van der Waals surface area contributed by atoms with Gasteiger partial charge in [0, 0.05) is 16.3 Å². The maximum atomic E-state index is 11.6. The molecule has 1 amide bonds. The van der Waals surface area contributed by atoms with Crippen LogP contribution in [-0.2, 0) is 10.3 Å². The topological polar surface area (TPSA) is 58.6 Å². The van der Waals surface area contributed by atoms with Gasteiger partial charge in [-0.05, 0) is 45.7 Å². The van der Waals surface area contributed by atoms with E-state index in [1.54, 1.807) is 39.0 Å². The number of carbonyl (C=O) groups is 1. The highest BCUT2D eigenvalue weighted by Crippen LogP contribution is 2.48. The van der Waals surface area contributed by atoms with E-state index in [1.165, 1.54) is 0 Å². The van der Waals surface area contributed by atoms with E-state index in [1.807, 2.05) is 0 Å². The van der Waals surface area contributed by atoms with Gasteiger partial charge < -0.3 is 9.84 Å².